The van der Waals surface area contributed by atoms with E-state index in [-0.39, 0.29) is 24.0 Å². The summed E-state index contributed by atoms with van der Waals surface area (Å²) < 4.78 is 1.97. The standard InChI is InChI=1S/C15H23N7S.HI/c1-9-13(23-11(3)18-9)7-16-15(19-12-5-6-12)17-8-14-21-20-10(2)22(14)4;/h12H,5-8H2,1-4H3,(H2,16,17,19);1H. The number of halogens is 1. The van der Waals surface area contributed by atoms with Gasteiger partial charge >= 0.3 is 0 Å². The number of aryl methyl sites for hydroxylation is 3. The number of guanidine groups is 1. The minimum absolute atomic E-state index is 0. The summed E-state index contributed by atoms with van der Waals surface area (Å²) in [7, 11) is 1.96. The van der Waals surface area contributed by atoms with E-state index in [1.54, 1.807) is 11.3 Å². The lowest BCUT2D eigenvalue weighted by Gasteiger charge is -2.11. The Kier molecular flexibility index (Phi) is 6.55. The summed E-state index contributed by atoms with van der Waals surface area (Å²) in [5.41, 5.74) is 1.09. The summed E-state index contributed by atoms with van der Waals surface area (Å²) in [6, 6.07) is 0.548. The second-order valence-corrected chi connectivity index (χ2v) is 7.19. The molecule has 0 aliphatic heterocycles. The van der Waals surface area contributed by atoms with Crippen LogP contribution in [0.2, 0.25) is 0 Å². The Morgan fingerprint density at radius 2 is 2.04 bits per heavy atom. The number of thiazole rings is 1. The zero-order valence-corrected chi connectivity index (χ0v) is 17.6. The lowest BCUT2D eigenvalue weighted by atomic mass is 10.4. The monoisotopic (exact) mass is 461 g/mol. The maximum Gasteiger partial charge on any atom is 0.192 e. The van der Waals surface area contributed by atoms with Gasteiger partial charge < -0.3 is 15.2 Å². The van der Waals surface area contributed by atoms with Gasteiger partial charge in [-0.15, -0.1) is 45.5 Å². The van der Waals surface area contributed by atoms with Gasteiger partial charge in [0.05, 0.1) is 17.2 Å². The third-order valence-corrected chi connectivity index (χ3v) is 4.97. The van der Waals surface area contributed by atoms with Crippen molar-refractivity contribution in [1.82, 2.24) is 30.4 Å². The van der Waals surface area contributed by atoms with E-state index in [1.807, 2.05) is 32.4 Å². The molecule has 132 valence electrons. The number of aliphatic imine (C=N–C) groups is 1. The van der Waals surface area contributed by atoms with E-state index in [4.69, 9.17) is 0 Å². The zero-order chi connectivity index (χ0) is 16.4. The summed E-state index contributed by atoms with van der Waals surface area (Å²) in [6.45, 7) is 7.29. The minimum Gasteiger partial charge on any atom is -0.354 e. The molecule has 1 saturated carbocycles. The summed E-state index contributed by atoms with van der Waals surface area (Å²) in [5, 5.41) is 16.2. The van der Waals surface area contributed by atoms with Crippen molar-refractivity contribution in [1.29, 1.82) is 0 Å². The average Bonchev–Trinajstić information content (AvgIpc) is 3.19. The van der Waals surface area contributed by atoms with Gasteiger partial charge in [-0.3, -0.25) is 0 Å². The minimum atomic E-state index is 0. The van der Waals surface area contributed by atoms with E-state index < -0.39 is 0 Å². The van der Waals surface area contributed by atoms with Crippen molar-refractivity contribution < 1.29 is 0 Å². The Morgan fingerprint density at radius 3 is 2.58 bits per heavy atom. The molecule has 0 spiro atoms. The molecule has 0 amide bonds. The van der Waals surface area contributed by atoms with Crippen molar-refractivity contribution in [3.63, 3.8) is 0 Å². The van der Waals surface area contributed by atoms with Crippen LogP contribution in [0.1, 0.15) is 40.1 Å². The predicted octanol–water partition coefficient (Wildman–Crippen LogP) is 2.21. The van der Waals surface area contributed by atoms with Crippen LogP contribution in [0.4, 0.5) is 0 Å². The van der Waals surface area contributed by atoms with Crippen LogP contribution in [0.5, 0.6) is 0 Å². The number of aromatic nitrogens is 4. The molecule has 1 fully saturated rings. The lowest BCUT2D eigenvalue weighted by molar-refractivity contribution is 0.750. The van der Waals surface area contributed by atoms with E-state index in [0.29, 0.717) is 12.6 Å². The molecule has 0 radical (unpaired) electrons. The molecule has 1 aliphatic carbocycles. The molecule has 24 heavy (non-hydrogen) atoms. The molecule has 0 unspecified atom stereocenters. The van der Waals surface area contributed by atoms with Crippen molar-refractivity contribution in [3.05, 3.63) is 27.2 Å². The fraction of sp³-hybridized carbons (Fsp3) is 0.600. The van der Waals surface area contributed by atoms with E-state index in [2.05, 4.69) is 30.8 Å². The molecule has 2 aromatic heterocycles. The van der Waals surface area contributed by atoms with Gasteiger partial charge in [-0.2, -0.15) is 0 Å². The van der Waals surface area contributed by atoms with E-state index in [9.17, 15) is 0 Å². The van der Waals surface area contributed by atoms with Crippen LogP contribution < -0.4 is 10.6 Å². The third-order valence-electron chi connectivity index (χ3n) is 3.90. The highest BCUT2D eigenvalue weighted by Gasteiger charge is 2.22. The fourth-order valence-electron chi connectivity index (χ4n) is 2.21. The largest absolute Gasteiger partial charge is 0.354 e. The SMILES string of the molecule is Cc1nc(C)c(CNC(=NCc2nnc(C)n2C)NC2CC2)s1.I. The zero-order valence-electron chi connectivity index (χ0n) is 14.5. The molecule has 7 nitrogen and oxygen atoms in total. The number of rotatable bonds is 5. The van der Waals surface area contributed by atoms with Crippen LogP contribution in [0, 0.1) is 20.8 Å². The molecule has 3 rings (SSSR count). The van der Waals surface area contributed by atoms with E-state index in [1.165, 1.54) is 17.7 Å². The van der Waals surface area contributed by atoms with Gasteiger partial charge in [0.25, 0.3) is 0 Å². The maximum absolute atomic E-state index is 4.66. The van der Waals surface area contributed by atoms with Crippen LogP contribution in [0.3, 0.4) is 0 Å². The first-order chi connectivity index (χ1) is 11.0. The van der Waals surface area contributed by atoms with E-state index in [0.717, 1.165) is 34.9 Å². The Labute approximate surface area is 163 Å². The summed E-state index contributed by atoms with van der Waals surface area (Å²) in [5.74, 6) is 2.60. The molecular weight excluding hydrogens is 437 g/mol. The number of hydrogen-bond donors (Lipinski definition) is 2. The summed E-state index contributed by atoms with van der Waals surface area (Å²) >= 11 is 1.73. The second kappa shape index (κ2) is 8.24. The van der Waals surface area contributed by atoms with Gasteiger partial charge in [-0.25, -0.2) is 9.98 Å². The Hall–Kier alpha value is -1.23. The van der Waals surface area contributed by atoms with Crippen molar-refractivity contribution in [3.8, 4) is 0 Å². The molecule has 0 saturated heterocycles. The molecule has 0 bridgehead atoms. The van der Waals surface area contributed by atoms with Crippen LogP contribution in [0.15, 0.2) is 4.99 Å². The molecule has 2 aromatic rings. The normalized spacial score (nSPS) is 14.4. The van der Waals surface area contributed by atoms with Gasteiger partial charge in [0.15, 0.2) is 11.8 Å². The number of nitrogens with zero attached hydrogens (tertiary/aromatic N) is 5. The highest BCUT2D eigenvalue weighted by molar-refractivity contribution is 14.0. The lowest BCUT2D eigenvalue weighted by Crippen LogP contribution is -2.38. The highest BCUT2D eigenvalue weighted by atomic mass is 127. The molecule has 0 aromatic carbocycles. The third kappa shape index (κ3) is 4.88. The Bertz CT molecular complexity index is 717. The molecule has 9 heteroatoms. The Balaban J connectivity index is 0.00000208. The number of hydrogen-bond acceptors (Lipinski definition) is 5. The van der Waals surface area contributed by atoms with E-state index >= 15 is 0 Å². The fourth-order valence-corrected chi connectivity index (χ4v) is 3.09. The van der Waals surface area contributed by atoms with Gasteiger partial charge in [-0.05, 0) is 33.6 Å². The number of nitrogens with one attached hydrogen (secondary N) is 2. The summed E-state index contributed by atoms with van der Waals surface area (Å²) in [4.78, 5) is 10.4. The molecule has 2 N–H and O–H groups in total. The van der Waals surface area contributed by atoms with Crippen molar-refractivity contribution in [2.24, 2.45) is 12.0 Å². The van der Waals surface area contributed by atoms with Crippen LogP contribution in [-0.2, 0) is 20.1 Å². The maximum atomic E-state index is 4.66. The van der Waals surface area contributed by atoms with Gasteiger partial charge in [-0.1, -0.05) is 0 Å². The second-order valence-electron chi connectivity index (χ2n) is 5.90. The topological polar surface area (TPSA) is 80.0 Å². The highest BCUT2D eigenvalue weighted by Crippen LogP contribution is 2.19. The van der Waals surface area contributed by atoms with Crippen molar-refractivity contribution >= 4 is 41.3 Å². The van der Waals surface area contributed by atoms with Crippen molar-refractivity contribution in [2.45, 2.75) is 52.7 Å². The molecule has 1 aliphatic rings. The molecule has 0 atom stereocenters. The van der Waals surface area contributed by atoms with Crippen LogP contribution in [-0.4, -0.2) is 31.7 Å². The quantitative estimate of drug-likeness (QED) is 0.406. The average molecular weight is 461 g/mol. The van der Waals surface area contributed by atoms with Gasteiger partial charge in [0, 0.05) is 18.0 Å². The first-order valence-electron chi connectivity index (χ1n) is 7.85. The van der Waals surface area contributed by atoms with Crippen molar-refractivity contribution in [2.75, 3.05) is 0 Å². The molecular formula is C15H24IN7S. The summed E-state index contributed by atoms with van der Waals surface area (Å²) in [6.07, 6.45) is 2.42. The smallest absolute Gasteiger partial charge is 0.192 e. The van der Waals surface area contributed by atoms with Crippen LogP contribution in [0.25, 0.3) is 0 Å². The first kappa shape index (κ1) is 19.1. The van der Waals surface area contributed by atoms with Gasteiger partial charge in [0.1, 0.15) is 12.4 Å². The molecule has 2 heterocycles. The predicted molar refractivity (Wildman–Crippen MR) is 107 cm³/mol. The first-order valence-corrected chi connectivity index (χ1v) is 8.67. The Morgan fingerprint density at radius 1 is 1.29 bits per heavy atom. The van der Waals surface area contributed by atoms with Gasteiger partial charge in [0.2, 0.25) is 0 Å². The van der Waals surface area contributed by atoms with Crippen LogP contribution >= 0.6 is 35.3 Å².